The minimum atomic E-state index is -0.458. The Morgan fingerprint density at radius 3 is 2.63 bits per heavy atom. The van der Waals surface area contributed by atoms with Gasteiger partial charge in [0.15, 0.2) is 0 Å². The summed E-state index contributed by atoms with van der Waals surface area (Å²) in [6, 6.07) is 15.4. The Morgan fingerprint density at radius 1 is 1.10 bits per heavy atom. The van der Waals surface area contributed by atoms with E-state index in [9.17, 15) is 4.79 Å². The summed E-state index contributed by atoms with van der Waals surface area (Å²) in [5, 5.41) is 4.28. The molecular formula is C23H26N4O3. The zero-order valence-electron chi connectivity index (χ0n) is 17.1. The number of nitrogens with two attached hydrogens (primary N) is 1. The van der Waals surface area contributed by atoms with Crippen LogP contribution in [0.15, 0.2) is 54.7 Å². The molecule has 0 radical (unpaired) electrons. The van der Waals surface area contributed by atoms with Gasteiger partial charge in [0.2, 0.25) is 5.91 Å². The maximum atomic E-state index is 11.8. The molecule has 1 saturated heterocycles. The first-order chi connectivity index (χ1) is 14.6. The molecule has 156 valence electrons. The van der Waals surface area contributed by atoms with E-state index in [2.05, 4.69) is 10.00 Å². The predicted molar refractivity (Wildman–Crippen MR) is 115 cm³/mol. The number of benzene rings is 2. The zero-order valence-corrected chi connectivity index (χ0v) is 17.1. The van der Waals surface area contributed by atoms with E-state index in [0.717, 1.165) is 61.0 Å². The summed E-state index contributed by atoms with van der Waals surface area (Å²) in [6.45, 7) is 4.87. The Bertz CT molecular complexity index is 1020. The van der Waals surface area contributed by atoms with Crippen LogP contribution >= 0.6 is 0 Å². The molecule has 1 fully saturated rings. The SMILES string of the molecule is Cn1nccc1-c1cc(C(N)=O)ccc1-c1ccccc1OCCN1CCOCC1. The number of carbonyl (C=O) groups is 1. The highest BCUT2D eigenvalue weighted by atomic mass is 16.5. The van der Waals surface area contributed by atoms with Crippen molar-refractivity contribution in [1.29, 1.82) is 0 Å². The lowest BCUT2D eigenvalue weighted by atomic mass is 9.94. The van der Waals surface area contributed by atoms with E-state index in [1.54, 1.807) is 16.9 Å². The van der Waals surface area contributed by atoms with Gasteiger partial charge in [0.1, 0.15) is 12.4 Å². The van der Waals surface area contributed by atoms with Crippen molar-refractivity contribution in [2.75, 3.05) is 39.5 Å². The number of amides is 1. The van der Waals surface area contributed by atoms with Crippen LogP contribution in [0.25, 0.3) is 22.4 Å². The third kappa shape index (κ3) is 4.37. The van der Waals surface area contributed by atoms with Crippen molar-refractivity contribution in [3.05, 3.63) is 60.3 Å². The summed E-state index contributed by atoms with van der Waals surface area (Å²) in [5.41, 5.74) is 9.70. The second-order valence-corrected chi connectivity index (χ2v) is 7.26. The average molecular weight is 406 g/mol. The van der Waals surface area contributed by atoms with Crippen LogP contribution in [0, 0.1) is 0 Å². The average Bonchev–Trinajstić information content (AvgIpc) is 3.20. The van der Waals surface area contributed by atoms with Crippen molar-refractivity contribution in [2.24, 2.45) is 12.8 Å². The first-order valence-electron chi connectivity index (χ1n) is 10.1. The van der Waals surface area contributed by atoms with E-state index >= 15 is 0 Å². The van der Waals surface area contributed by atoms with Crippen LogP contribution in [0.1, 0.15) is 10.4 Å². The maximum absolute atomic E-state index is 11.8. The van der Waals surface area contributed by atoms with E-state index in [-0.39, 0.29) is 0 Å². The normalized spacial score (nSPS) is 14.6. The Kier molecular flexibility index (Phi) is 6.11. The molecule has 0 spiro atoms. The monoisotopic (exact) mass is 406 g/mol. The topological polar surface area (TPSA) is 82.6 Å². The molecule has 1 aromatic heterocycles. The summed E-state index contributed by atoms with van der Waals surface area (Å²) in [4.78, 5) is 14.1. The van der Waals surface area contributed by atoms with E-state index in [1.807, 2.05) is 49.5 Å². The van der Waals surface area contributed by atoms with Gasteiger partial charge < -0.3 is 15.2 Å². The quantitative estimate of drug-likeness (QED) is 0.652. The molecule has 3 aromatic rings. The van der Waals surface area contributed by atoms with Gasteiger partial charge in [0.05, 0.1) is 18.9 Å². The van der Waals surface area contributed by atoms with Crippen LogP contribution in [-0.4, -0.2) is 60.0 Å². The van der Waals surface area contributed by atoms with Gasteiger partial charge in [-0.2, -0.15) is 5.10 Å². The maximum Gasteiger partial charge on any atom is 0.248 e. The summed E-state index contributed by atoms with van der Waals surface area (Å²) >= 11 is 0. The Morgan fingerprint density at radius 2 is 1.90 bits per heavy atom. The number of ether oxygens (including phenoxy) is 2. The number of carbonyl (C=O) groups excluding carboxylic acids is 1. The van der Waals surface area contributed by atoms with E-state index in [0.29, 0.717) is 12.2 Å². The molecule has 0 atom stereocenters. The molecule has 30 heavy (non-hydrogen) atoms. The lowest BCUT2D eigenvalue weighted by Gasteiger charge is -2.26. The second kappa shape index (κ2) is 9.11. The Hall–Kier alpha value is -3.16. The predicted octanol–water partition coefficient (Wildman–Crippen LogP) is 2.56. The third-order valence-electron chi connectivity index (χ3n) is 5.35. The Labute approximate surface area is 176 Å². The van der Waals surface area contributed by atoms with Crippen molar-refractivity contribution in [1.82, 2.24) is 14.7 Å². The van der Waals surface area contributed by atoms with Crippen LogP contribution in [0.5, 0.6) is 5.75 Å². The highest BCUT2D eigenvalue weighted by Crippen LogP contribution is 2.37. The van der Waals surface area contributed by atoms with Crippen LogP contribution in [0.4, 0.5) is 0 Å². The van der Waals surface area contributed by atoms with Crippen molar-refractivity contribution < 1.29 is 14.3 Å². The van der Waals surface area contributed by atoms with Gasteiger partial charge in [0, 0.05) is 49.6 Å². The minimum absolute atomic E-state index is 0.458. The lowest BCUT2D eigenvalue weighted by Crippen LogP contribution is -2.38. The number of primary amides is 1. The number of aryl methyl sites for hydroxylation is 1. The minimum Gasteiger partial charge on any atom is -0.492 e. The first kappa shape index (κ1) is 20.1. The molecule has 2 N–H and O–H groups in total. The van der Waals surface area contributed by atoms with Crippen LogP contribution < -0.4 is 10.5 Å². The molecule has 1 aliphatic rings. The molecule has 0 aliphatic carbocycles. The molecule has 2 heterocycles. The van der Waals surface area contributed by atoms with Gasteiger partial charge in [-0.15, -0.1) is 0 Å². The molecular weight excluding hydrogens is 380 g/mol. The summed E-state index contributed by atoms with van der Waals surface area (Å²) in [7, 11) is 1.88. The molecule has 0 saturated carbocycles. The molecule has 7 nitrogen and oxygen atoms in total. The fourth-order valence-corrected chi connectivity index (χ4v) is 3.71. The second-order valence-electron chi connectivity index (χ2n) is 7.26. The van der Waals surface area contributed by atoms with Crippen LogP contribution in [0.3, 0.4) is 0 Å². The fraction of sp³-hybridized carbons (Fsp3) is 0.304. The number of rotatable bonds is 7. The van der Waals surface area contributed by atoms with Gasteiger partial charge >= 0.3 is 0 Å². The summed E-state index contributed by atoms with van der Waals surface area (Å²) in [6.07, 6.45) is 1.74. The molecule has 0 unspecified atom stereocenters. The highest BCUT2D eigenvalue weighted by Gasteiger charge is 2.17. The largest absolute Gasteiger partial charge is 0.492 e. The smallest absolute Gasteiger partial charge is 0.248 e. The molecule has 7 heteroatoms. The number of para-hydroxylation sites is 1. The van der Waals surface area contributed by atoms with E-state index < -0.39 is 5.91 Å². The molecule has 1 aliphatic heterocycles. The fourth-order valence-electron chi connectivity index (χ4n) is 3.71. The molecule has 4 rings (SSSR count). The molecule has 2 aromatic carbocycles. The van der Waals surface area contributed by atoms with Gasteiger partial charge in [-0.1, -0.05) is 24.3 Å². The molecule has 0 bridgehead atoms. The molecule has 1 amide bonds. The van der Waals surface area contributed by atoms with Crippen LogP contribution in [-0.2, 0) is 11.8 Å². The van der Waals surface area contributed by atoms with E-state index in [4.69, 9.17) is 15.2 Å². The van der Waals surface area contributed by atoms with Gasteiger partial charge in [-0.3, -0.25) is 14.4 Å². The van der Waals surface area contributed by atoms with Crippen molar-refractivity contribution in [2.45, 2.75) is 0 Å². The van der Waals surface area contributed by atoms with Crippen molar-refractivity contribution in [3.63, 3.8) is 0 Å². The Balaban J connectivity index is 1.65. The summed E-state index contributed by atoms with van der Waals surface area (Å²) < 4.78 is 13.4. The number of nitrogens with zero attached hydrogens (tertiary/aromatic N) is 3. The highest BCUT2D eigenvalue weighted by molar-refractivity contribution is 5.96. The third-order valence-corrected chi connectivity index (χ3v) is 5.35. The number of hydrogen-bond donors (Lipinski definition) is 1. The van der Waals surface area contributed by atoms with Crippen LogP contribution in [0.2, 0.25) is 0 Å². The number of aromatic nitrogens is 2. The zero-order chi connectivity index (χ0) is 20.9. The first-order valence-corrected chi connectivity index (χ1v) is 10.1. The van der Waals surface area contributed by atoms with Gasteiger partial charge in [-0.05, 0) is 29.8 Å². The van der Waals surface area contributed by atoms with Crippen molar-refractivity contribution >= 4 is 5.91 Å². The van der Waals surface area contributed by atoms with E-state index in [1.165, 1.54) is 0 Å². The van der Waals surface area contributed by atoms with Gasteiger partial charge in [0.25, 0.3) is 0 Å². The number of morpholine rings is 1. The standard InChI is InChI=1S/C23H26N4O3/c1-26-21(8-9-25-26)20-16-17(23(24)28)6-7-18(20)19-4-2-3-5-22(19)30-15-12-27-10-13-29-14-11-27/h2-9,16H,10-15H2,1H3,(H2,24,28). The van der Waals surface area contributed by atoms with Crippen molar-refractivity contribution in [3.8, 4) is 28.1 Å². The lowest BCUT2D eigenvalue weighted by molar-refractivity contribution is 0.0323. The summed E-state index contributed by atoms with van der Waals surface area (Å²) in [5.74, 6) is 0.348. The van der Waals surface area contributed by atoms with Gasteiger partial charge in [-0.25, -0.2) is 0 Å². The number of hydrogen-bond acceptors (Lipinski definition) is 5.